The summed E-state index contributed by atoms with van der Waals surface area (Å²) >= 11 is 0.709. The summed E-state index contributed by atoms with van der Waals surface area (Å²) in [5, 5.41) is 2.75. The number of imide groups is 1. The first-order valence-electron chi connectivity index (χ1n) is 9.34. The number of fused-ring (bicyclic) bond motifs is 1. The van der Waals surface area contributed by atoms with E-state index in [-0.39, 0.29) is 29.1 Å². The van der Waals surface area contributed by atoms with Crippen LogP contribution in [0.4, 0.5) is 9.18 Å². The molecule has 2 aromatic carbocycles. The Morgan fingerprint density at radius 2 is 1.84 bits per heavy atom. The van der Waals surface area contributed by atoms with E-state index in [1.165, 1.54) is 30.3 Å². The number of pyridine rings is 1. The van der Waals surface area contributed by atoms with E-state index in [1.807, 2.05) is 0 Å². The molecule has 3 amide bonds. The van der Waals surface area contributed by atoms with E-state index in [4.69, 9.17) is 0 Å². The molecule has 1 aliphatic heterocycles. The molecular weight excluding hydrogens is 421 g/mol. The maximum atomic E-state index is 13.8. The van der Waals surface area contributed by atoms with Crippen molar-refractivity contribution in [2.45, 2.75) is 0 Å². The fraction of sp³-hybridized carbons (Fsp3) is 0.0909. The first kappa shape index (κ1) is 20.5. The second-order valence-electron chi connectivity index (χ2n) is 6.71. The summed E-state index contributed by atoms with van der Waals surface area (Å²) in [4.78, 5) is 53.0. The monoisotopic (exact) mass is 437 g/mol. The largest absolute Gasteiger partial charge is 0.350 e. The first-order valence-corrected chi connectivity index (χ1v) is 10.2. The van der Waals surface area contributed by atoms with Crippen LogP contribution < -0.4 is 10.9 Å². The molecule has 0 spiro atoms. The molecule has 4 rings (SSSR count). The van der Waals surface area contributed by atoms with E-state index in [0.29, 0.717) is 22.7 Å². The van der Waals surface area contributed by atoms with E-state index in [2.05, 4.69) is 10.3 Å². The lowest BCUT2D eigenvalue weighted by molar-refractivity contribution is -0.122. The lowest BCUT2D eigenvalue weighted by Gasteiger charge is -2.13. The van der Waals surface area contributed by atoms with Crippen LogP contribution in [0, 0.1) is 5.82 Å². The summed E-state index contributed by atoms with van der Waals surface area (Å²) in [6.45, 7) is -0.105. The Morgan fingerprint density at radius 3 is 2.65 bits per heavy atom. The zero-order valence-corrected chi connectivity index (χ0v) is 16.9. The number of H-pyrrole nitrogens is 1. The fourth-order valence-electron chi connectivity index (χ4n) is 3.12. The van der Waals surface area contributed by atoms with Gasteiger partial charge in [0.25, 0.3) is 22.6 Å². The Morgan fingerprint density at radius 1 is 1.10 bits per heavy atom. The molecule has 1 aromatic heterocycles. The van der Waals surface area contributed by atoms with E-state index >= 15 is 0 Å². The minimum Gasteiger partial charge on any atom is -0.350 e. The van der Waals surface area contributed by atoms with E-state index in [1.54, 1.807) is 30.3 Å². The third-order valence-electron chi connectivity index (χ3n) is 4.68. The molecule has 1 fully saturated rings. The predicted molar refractivity (Wildman–Crippen MR) is 116 cm³/mol. The molecular formula is C22H16FN3O4S. The summed E-state index contributed by atoms with van der Waals surface area (Å²) in [6, 6.07) is 14.5. The van der Waals surface area contributed by atoms with Gasteiger partial charge in [-0.1, -0.05) is 36.4 Å². The van der Waals surface area contributed by atoms with Gasteiger partial charge < -0.3 is 10.3 Å². The second-order valence-corrected chi connectivity index (χ2v) is 7.70. The summed E-state index contributed by atoms with van der Waals surface area (Å²) in [5.74, 6) is -1.67. The highest BCUT2D eigenvalue weighted by atomic mass is 32.2. The molecule has 31 heavy (non-hydrogen) atoms. The van der Waals surface area contributed by atoms with Crippen LogP contribution in [0.25, 0.3) is 17.0 Å². The van der Waals surface area contributed by atoms with Crippen molar-refractivity contribution in [1.29, 1.82) is 0 Å². The zero-order valence-electron chi connectivity index (χ0n) is 16.1. The van der Waals surface area contributed by atoms with Crippen molar-refractivity contribution in [2.75, 3.05) is 13.1 Å². The average Bonchev–Trinajstić information content (AvgIpc) is 3.02. The molecule has 156 valence electrons. The van der Waals surface area contributed by atoms with Gasteiger partial charge in [-0.15, -0.1) is 0 Å². The molecule has 2 heterocycles. The first-order chi connectivity index (χ1) is 14.9. The van der Waals surface area contributed by atoms with Gasteiger partial charge in [0.2, 0.25) is 0 Å². The van der Waals surface area contributed by atoms with Gasteiger partial charge in [0.15, 0.2) is 0 Å². The lowest BCUT2D eigenvalue weighted by Crippen LogP contribution is -2.38. The van der Waals surface area contributed by atoms with E-state index in [0.717, 1.165) is 4.90 Å². The standard InChI is InChI=1S/C22H16FN3O4S/c23-16-7-3-1-5-13(16)12-18-21(29)26(22(30)31-18)10-9-24-19(27)15-11-14-6-2-4-8-17(14)25-20(15)28/h1-8,11-12H,9-10H2,(H,24,27)(H,25,28). The van der Waals surface area contributed by atoms with Crippen LogP contribution in [0.15, 0.2) is 64.3 Å². The molecule has 1 aliphatic rings. The van der Waals surface area contributed by atoms with Crippen LogP contribution in [0.5, 0.6) is 0 Å². The number of hydrogen-bond acceptors (Lipinski definition) is 5. The molecule has 1 saturated heterocycles. The van der Waals surface area contributed by atoms with Gasteiger partial charge in [-0.05, 0) is 41.4 Å². The molecule has 9 heteroatoms. The third kappa shape index (κ3) is 4.26. The third-order valence-corrected chi connectivity index (χ3v) is 5.59. The molecule has 3 aromatic rings. The molecule has 0 atom stereocenters. The summed E-state index contributed by atoms with van der Waals surface area (Å²) in [6.07, 6.45) is 1.33. The van der Waals surface area contributed by atoms with Crippen LogP contribution >= 0.6 is 11.8 Å². The molecule has 0 aliphatic carbocycles. The second kappa shape index (κ2) is 8.57. The Kier molecular flexibility index (Phi) is 5.68. The van der Waals surface area contributed by atoms with Gasteiger partial charge in [-0.3, -0.25) is 24.1 Å². The zero-order chi connectivity index (χ0) is 22.0. The summed E-state index contributed by atoms with van der Waals surface area (Å²) < 4.78 is 13.8. The van der Waals surface area contributed by atoms with Gasteiger partial charge >= 0.3 is 0 Å². The molecule has 0 unspecified atom stereocenters. The predicted octanol–water partition coefficient (Wildman–Crippen LogP) is 3.13. The number of halogens is 1. The highest BCUT2D eigenvalue weighted by Crippen LogP contribution is 2.32. The minimum absolute atomic E-state index is 0.0316. The number of benzene rings is 2. The highest BCUT2D eigenvalue weighted by Gasteiger charge is 2.34. The summed E-state index contributed by atoms with van der Waals surface area (Å²) in [7, 11) is 0. The minimum atomic E-state index is -0.610. The number of carbonyl (C=O) groups is 3. The van der Waals surface area contributed by atoms with E-state index in [9.17, 15) is 23.6 Å². The normalized spacial score (nSPS) is 15.1. The van der Waals surface area contributed by atoms with Crippen LogP contribution in [-0.2, 0) is 4.79 Å². The van der Waals surface area contributed by atoms with Crippen molar-refractivity contribution in [3.8, 4) is 0 Å². The van der Waals surface area contributed by atoms with Crippen LogP contribution in [-0.4, -0.2) is 40.0 Å². The van der Waals surface area contributed by atoms with Crippen molar-refractivity contribution < 1.29 is 18.8 Å². The number of aromatic nitrogens is 1. The molecule has 7 nitrogen and oxygen atoms in total. The fourth-order valence-corrected chi connectivity index (χ4v) is 3.97. The van der Waals surface area contributed by atoms with Gasteiger partial charge in [0.05, 0.1) is 4.91 Å². The Labute approximate surface area is 179 Å². The maximum Gasteiger partial charge on any atom is 0.293 e. The van der Waals surface area contributed by atoms with Crippen molar-refractivity contribution >= 4 is 45.8 Å². The van der Waals surface area contributed by atoms with E-state index < -0.39 is 28.4 Å². The lowest BCUT2D eigenvalue weighted by atomic mass is 10.1. The Balaban J connectivity index is 1.42. The number of aromatic amines is 1. The van der Waals surface area contributed by atoms with Gasteiger partial charge in [0, 0.05) is 24.2 Å². The quantitative estimate of drug-likeness (QED) is 0.598. The molecule has 2 N–H and O–H groups in total. The number of carbonyl (C=O) groups excluding carboxylic acids is 3. The SMILES string of the molecule is O=C(NCCN1C(=O)SC(=Cc2ccccc2F)C1=O)c1cc2ccccc2[nH]c1=O. The number of thioether (sulfide) groups is 1. The van der Waals surface area contributed by atoms with Crippen LogP contribution in [0.2, 0.25) is 0 Å². The van der Waals surface area contributed by atoms with Crippen molar-refractivity contribution in [3.63, 3.8) is 0 Å². The Hall–Kier alpha value is -3.72. The number of nitrogens with one attached hydrogen (secondary N) is 2. The number of para-hydroxylation sites is 1. The molecule has 0 bridgehead atoms. The van der Waals surface area contributed by atoms with Gasteiger partial charge in [-0.2, -0.15) is 0 Å². The average molecular weight is 437 g/mol. The van der Waals surface area contributed by atoms with Gasteiger partial charge in [-0.25, -0.2) is 4.39 Å². The number of nitrogens with zero attached hydrogens (tertiary/aromatic N) is 1. The van der Waals surface area contributed by atoms with Gasteiger partial charge in [0.1, 0.15) is 11.4 Å². The Bertz CT molecular complexity index is 1300. The smallest absolute Gasteiger partial charge is 0.293 e. The van der Waals surface area contributed by atoms with Crippen molar-refractivity contribution in [3.05, 3.63) is 86.8 Å². The maximum absolute atomic E-state index is 13.8. The molecule has 0 saturated carbocycles. The van der Waals surface area contributed by atoms with Crippen molar-refractivity contribution in [2.24, 2.45) is 0 Å². The number of amides is 3. The van der Waals surface area contributed by atoms with Crippen LogP contribution in [0.1, 0.15) is 15.9 Å². The summed E-state index contributed by atoms with van der Waals surface area (Å²) in [5.41, 5.74) is 0.225. The highest BCUT2D eigenvalue weighted by molar-refractivity contribution is 8.18. The number of hydrogen-bond donors (Lipinski definition) is 2. The number of rotatable bonds is 5. The molecule has 0 radical (unpaired) electrons. The topological polar surface area (TPSA) is 99.3 Å². The van der Waals surface area contributed by atoms with Crippen molar-refractivity contribution in [1.82, 2.24) is 15.2 Å². The van der Waals surface area contributed by atoms with Crippen LogP contribution in [0.3, 0.4) is 0 Å².